The first kappa shape index (κ1) is 22.3. The fourth-order valence-corrected chi connectivity index (χ4v) is 5.03. The van der Waals surface area contributed by atoms with E-state index in [0.717, 1.165) is 55.0 Å². The maximum atomic E-state index is 12.0. The zero-order chi connectivity index (χ0) is 22.5. The number of amides is 1. The van der Waals surface area contributed by atoms with Gasteiger partial charge in [0.25, 0.3) is 5.91 Å². The summed E-state index contributed by atoms with van der Waals surface area (Å²) in [6, 6.07) is 16.7. The van der Waals surface area contributed by atoms with Crippen LogP contribution >= 0.6 is 11.3 Å². The van der Waals surface area contributed by atoms with Crippen LogP contribution in [-0.2, 0) is 13.0 Å². The second-order valence-electron chi connectivity index (χ2n) is 8.52. The number of rotatable bonds is 9. The molecule has 0 atom stereocenters. The molecule has 1 N–H and O–H groups in total. The van der Waals surface area contributed by atoms with Crippen LogP contribution in [-0.4, -0.2) is 22.0 Å². The van der Waals surface area contributed by atoms with Gasteiger partial charge >= 0.3 is 0 Å². The van der Waals surface area contributed by atoms with Gasteiger partial charge in [0.1, 0.15) is 5.82 Å². The molecule has 2 aromatic carbocycles. The average molecular weight is 446 g/mol. The Hall–Kier alpha value is -2.92. The molecule has 2 heterocycles. The third-order valence-electron chi connectivity index (χ3n) is 6.00. The number of carbonyl (C=O) groups excluding carboxylic acids is 1. The van der Waals surface area contributed by atoms with Crippen LogP contribution in [0.25, 0.3) is 11.0 Å². The van der Waals surface area contributed by atoms with E-state index in [2.05, 4.69) is 67.1 Å². The minimum absolute atomic E-state index is 0.0330. The molecule has 0 aliphatic carbocycles. The Kier molecular flexibility index (Phi) is 7.05. The number of hydrogen-bond acceptors (Lipinski definition) is 3. The van der Waals surface area contributed by atoms with Crippen LogP contribution in [0.15, 0.2) is 53.9 Å². The van der Waals surface area contributed by atoms with Crippen molar-refractivity contribution < 1.29 is 4.79 Å². The number of aryl methyl sites for hydroxylation is 4. The molecule has 166 valence electrons. The molecule has 5 heteroatoms. The molecule has 4 aromatic rings. The van der Waals surface area contributed by atoms with E-state index in [-0.39, 0.29) is 5.91 Å². The van der Waals surface area contributed by atoms with Gasteiger partial charge in [-0.2, -0.15) is 0 Å². The molecule has 0 saturated carbocycles. The maximum Gasteiger partial charge on any atom is 0.261 e. The minimum Gasteiger partial charge on any atom is -0.351 e. The topological polar surface area (TPSA) is 46.9 Å². The molecule has 0 aliphatic rings. The highest BCUT2D eigenvalue weighted by atomic mass is 32.1. The molecular formula is C27H31N3OS. The number of fused-ring (bicyclic) bond motifs is 1. The van der Waals surface area contributed by atoms with Gasteiger partial charge in [-0.3, -0.25) is 4.79 Å². The van der Waals surface area contributed by atoms with Gasteiger partial charge in [-0.25, -0.2) is 4.98 Å². The lowest BCUT2D eigenvalue weighted by molar-refractivity contribution is 0.0957. The number of unbranched alkanes of at least 4 members (excludes halogenated alkanes) is 2. The fourth-order valence-electron chi connectivity index (χ4n) is 4.39. The van der Waals surface area contributed by atoms with Gasteiger partial charge in [0.05, 0.1) is 15.9 Å². The molecule has 0 spiro atoms. The predicted octanol–water partition coefficient (Wildman–Crippen LogP) is 6.21. The van der Waals surface area contributed by atoms with E-state index in [4.69, 9.17) is 4.98 Å². The number of nitrogens with one attached hydrogen (secondary N) is 1. The van der Waals surface area contributed by atoms with Crippen LogP contribution in [0.4, 0.5) is 0 Å². The quantitative estimate of drug-likeness (QED) is 0.311. The van der Waals surface area contributed by atoms with Crippen molar-refractivity contribution in [2.24, 2.45) is 0 Å². The molecule has 0 radical (unpaired) electrons. The molecule has 4 rings (SSSR count). The molecule has 0 saturated heterocycles. The van der Waals surface area contributed by atoms with Gasteiger partial charge in [-0.05, 0) is 73.9 Å². The minimum atomic E-state index is 0.0330. The molecule has 1 amide bonds. The zero-order valence-electron chi connectivity index (χ0n) is 19.1. The fraction of sp³-hybridized carbons (Fsp3) is 0.333. The smallest absolute Gasteiger partial charge is 0.261 e. The van der Waals surface area contributed by atoms with Gasteiger partial charge < -0.3 is 9.88 Å². The van der Waals surface area contributed by atoms with Crippen molar-refractivity contribution >= 4 is 28.3 Å². The Morgan fingerprint density at radius 2 is 1.78 bits per heavy atom. The number of hydrogen-bond donors (Lipinski definition) is 1. The third kappa shape index (κ3) is 5.10. The zero-order valence-corrected chi connectivity index (χ0v) is 20.0. The molecule has 0 fully saturated rings. The summed E-state index contributed by atoms with van der Waals surface area (Å²) in [5, 5.41) is 4.95. The Bertz CT molecular complexity index is 1180. The number of para-hydroxylation sites is 2. The molecule has 4 nitrogen and oxygen atoms in total. The summed E-state index contributed by atoms with van der Waals surface area (Å²) < 4.78 is 2.39. The first-order chi connectivity index (χ1) is 15.5. The maximum absolute atomic E-state index is 12.0. The van der Waals surface area contributed by atoms with Crippen molar-refractivity contribution in [2.45, 2.75) is 53.0 Å². The lowest BCUT2D eigenvalue weighted by atomic mass is 9.99. The van der Waals surface area contributed by atoms with Crippen molar-refractivity contribution in [1.29, 1.82) is 0 Å². The van der Waals surface area contributed by atoms with Gasteiger partial charge in [0, 0.05) is 19.5 Å². The van der Waals surface area contributed by atoms with E-state index in [0.29, 0.717) is 0 Å². The van der Waals surface area contributed by atoms with Crippen molar-refractivity contribution in [3.8, 4) is 0 Å². The number of aromatic nitrogens is 2. The van der Waals surface area contributed by atoms with E-state index in [1.165, 1.54) is 39.1 Å². The largest absolute Gasteiger partial charge is 0.351 e. The lowest BCUT2D eigenvalue weighted by Gasteiger charge is -2.15. The molecule has 0 unspecified atom stereocenters. The number of thiophene rings is 1. The molecular weight excluding hydrogens is 414 g/mol. The Morgan fingerprint density at radius 3 is 2.53 bits per heavy atom. The van der Waals surface area contributed by atoms with Crippen molar-refractivity contribution in [2.75, 3.05) is 6.54 Å². The van der Waals surface area contributed by atoms with Crippen molar-refractivity contribution in [1.82, 2.24) is 14.9 Å². The number of carbonyl (C=O) groups is 1. The Morgan fingerprint density at radius 1 is 1.00 bits per heavy atom. The normalized spacial score (nSPS) is 11.2. The summed E-state index contributed by atoms with van der Waals surface area (Å²) in [7, 11) is 0. The van der Waals surface area contributed by atoms with Crippen LogP contribution in [0.3, 0.4) is 0 Å². The molecule has 2 aromatic heterocycles. The Balaban J connectivity index is 1.40. The standard InChI is InChI=1S/C27H31N3OS/c1-19-16-20(2)22(21(3)17-19)18-30-24-11-7-6-10-23(24)29-26(30)13-5-4-8-14-28-27(31)25-12-9-15-32-25/h6-7,9-12,15-17H,4-5,8,13-14,18H2,1-3H3,(H,28,31). The Labute approximate surface area is 194 Å². The SMILES string of the molecule is Cc1cc(C)c(Cn2c(CCCCCNC(=O)c3cccs3)nc3ccccc32)c(C)c1. The summed E-state index contributed by atoms with van der Waals surface area (Å²) >= 11 is 1.48. The number of benzene rings is 2. The third-order valence-corrected chi connectivity index (χ3v) is 6.87. The van der Waals surface area contributed by atoms with Gasteiger partial charge in [-0.1, -0.05) is 42.3 Å². The van der Waals surface area contributed by atoms with E-state index in [1.54, 1.807) is 0 Å². The second-order valence-corrected chi connectivity index (χ2v) is 9.47. The number of nitrogens with zero attached hydrogens (tertiary/aromatic N) is 2. The van der Waals surface area contributed by atoms with Gasteiger partial charge in [0.15, 0.2) is 0 Å². The summed E-state index contributed by atoms with van der Waals surface area (Å²) in [6.07, 6.45) is 4.05. The number of imidazole rings is 1. The summed E-state index contributed by atoms with van der Waals surface area (Å²) in [6.45, 7) is 8.14. The molecule has 32 heavy (non-hydrogen) atoms. The van der Waals surface area contributed by atoms with Crippen molar-refractivity contribution in [3.05, 3.63) is 86.9 Å². The van der Waals surface area contributed by atoms with Gasteiger partial charge in [0.2, 0.25) is 0 Å². The molecule has 0 aliphatic heterocycles. The highest BCUT2D eigenvalue weighted by Crippen LogP contribution is 2.23. The predicted molar refractivity (Wildman–Crippen MR) is 134 cm³/mol. The summed E-state index contributed by atoms with van der Waals surface area (Å²) in [5.41, 5.74) is 7.64. The average Bonchev–Trinajstić information content (AvgIpc) is 3.41. The van der Waals surface area contributed by atoms with Crippen LogP contribution < -0.4 is 5.32 Å². The van der Waals surface area contributed by atoms with Crippen LogP contribution in [0.2, 0.25) is 0 Å². The highest BCUT2D eigenvalue weighted by molar-refractivity contribution is 7.12. The van der Waals surface area contributed by atoms with Gasteiger partial charge in [-0.15, -0.1) is 11.3 Å². The van der Waals surface area contributed by atoms with E-state index >= 15 is 0 Å². The van der Waals surface area contributed by atoms with Crippen LogP contribution in [0.1, 0.15) is 57.0 Å². The second kappa shape index (κ2) is 10.1. The monoisotopic (exact) mass is 445 g/mol. The van der Waals surface area contributed by atoms with E-state index in [9.17, 15) is 4.79 Å². The first-order valence-electron chi connectivity index (χ1n) is 11.4. The summed E-state index contributed by atoms with van der Waals surface area (Å²) in [4.78, 5) is 17.8. The van der Waals surface area contributed by atoms with E-state index < -0.39 is 0 Å². The lowest BCUT2D eigenvalue weighted by Crippen LogP contribution is -2.23. The van der Waals surface area contributed by atoms with Crippen molar-refractivity contribution in [3.63, 3.8) is 0 Å². The highest BCUT2D eigenvalue weighted by Gasteiger charge is 2.13. The summed E-state index contributed by atoms with van der Waals surface area (Å²) in [5.74, 6) is 1.18. The first-order valence-corrected chi connectivity index (χ1v) is 12.2. The van der Waals surface area contributed by atoms with Crippen LogP contribution in [0.5, 0.6) is 0 Å². The van der Waals surface area contributed by atoms with Crippen LogP contribution in [0, 0.1) is 20.8 Å². The van der Waals surface area contributed by atoms with E-state index in [1.807, 2.05) is 17.5 Å². The molecule has 0 bridgehead atoms.